The highest BCUT2D eigenvalue weighted by Crippen LogP contribution is 2.28. The Morgan fingerprint density at radius 2 is 1.73 bits per heavy atom. The van der Waals surface area contributed by atoms with Gasteiger partial charge >= 0.3 is 11.8 Å². The monoisotopic (exact) mass is 410 g/mol. The Hall–Kier alpha value is -3.06. The molecule has 1 saturated heterocycles. The molecule has 1 aliphatic heterocycles. The van der Waals surface area contributed by atoms with Crippen LogP contribution >= 0.6 is 0 Å². The molecule has 0 atom stereocenters. The third-order valence-corrected chi connectivity index (χ3v) is 5.36. The molecule has 160 valence electrons. The number of carbonyl (C=O) groups is 2. The fraction of sp³-hybridized carbons (Fsp3) is 0.391. The number of amides is 2. The first-order valence-corrected chi connectivity index (χ1v) is 10.2. The summed E-state index contributed by atoms with van der Waals surface area (Å²) in [6.45, 7) is 8.56. The predicted molar refractivity (Wildman–Crippen MR) is 119 cm³/mol. The maximum Gasteiger partial charge on any atom is 0.313 e. The van der Waals surface area contributed by atoms with E-state index in [-0.39, 0.29) is 0 Å². The molecule has 0 aromatic heterocycles. The summed E-state index contributed by atoms with van der Waals surface area (Å²) >= 11 is 0. The van der Waals surface area contributed by atoms with E-state index in [9.17, 15) is 9.59 Å². The Morgan fingerprint density at radius 3 is 2.47 bits per heavy atom. The number of rotatable bonds is 6. The lowest BCUT2D eigenvalue weighted by atomic mass is 10.1. The van der Waals surface area contributed by atoms with E-state index >= 15 is 0 Å². The van der Waals surface area contributed by atoms with Crippen LogP contribution in [0.25, 0.3) is 0 Å². The van der Waals surface area contributed by atoms with Crippen LogP contribution in [0.15, 0.2) is 42.5 Å². The van der Waals surface area contributed by atoms with E-state index in [0.717, 1.165) is 48.7 Å². The average molecular weight is 411 g/mol. The summed E-state index contributed by atoms with van der Waals surface area (Å²) in [4.78, 5) is 28.9. The number of anilines is 2. The number of hydrogen-bond acceptors (Lipinski definition) is 5. The van der Waals surface area contributed by atoms with Crippen molar-refractivity contribution in [2.24, 2.45) is 0 Å². The highest BCUT2D eigenvalue weighted by atomic mass is 16.5. The van der Waals surface area contributed by atoms with E-state index in [4.69, 9.17) is 4.74 Å². The minimum atomic E-state index is -0.635. The zero-order valence-electron chi connectivity index (χ0n) is 17.9. The van der Waals surface area contributed by atoms with Crippen LogP contribution in [0, 0.1) is 13.8 Å². The van der Waals surface area contributed by atoms with Gasteiger partial charge in [0.1, 0.15) is 5.75 Å². The van der Waals surface area contributed by atoms with Gasteiger partial charge in [0.2, 0.25) is 0 Å². The number of ether oxygens (including phenoxy) is 1. The van der Waals surface area contributed by atoms with Crippen molar-refractivity contribution in [3.8, 4) is 5.75 Å². The molecule has 0 radical (unpaired) electrons. The number of hydrogen-bond donors (Lipinski definition) is 2. The molecule has 0 aliphatic carbocycles. The summed E-state index contributed by atoms with van der Waals surface area (Å²) in [6.07, 6.45) is 0. The molecular weight excluding hydrogens is 380 g/mol. The number of benzene rings is 2. The van der Waals surface area contributed by atoms with Crippen molar-refractivity contribution in [2.45, 2.75) is 13.8 Å². The van der Waals surface area contributed by atoms with Crippen LogP contribution < -0.4 is 20.3 Å². The summed E-state index contributed by atoms with van der Waals surface area (Å²) in [6, 6.07) is 13.8. The van der Waals surface area contributed by atoms with Crippen molar-refractivity contribution in [1.82, 2.24) is 10.2 Å². The molecule has 2 aromatic rings. The zero-order chi connectivity index (χ0) is 21.5. The van der Waals surface area contributed by atoms with Gasteiger partial charge in [0.05, 0.1) is 12.8 Å². The van der Waals surface area contributed by atoms with Crippen molar-refractivity contribution in [3.63, 3.8) is 0 Å². The smallest absolute Gasteiger partial charge is 0.313 e. The number of carbonyl (C=O) groups excluding carboxylic acids is 2. The fourth-order valence-corrected chi connectivity index (χ4v) is 3.56. The zero-order valence-corrected chi connectivity index (χ0v) is 17.9. The normalized spacial score (nSPS) is 14.3. The van der Waals surface area contributed by atoms with E-state index in [1.54, 1.807) is 7.11 Å². The van der Waals surface area contributed by atoms with E-state index in [1.807, 2.05) is 50.2 Å². The van der Waals surface area contributed by atoms with Gasteiger partial charge in [-0.25, -0.2) is 0 Å². The van der Waals surface area contributed by atoms with Crippen LogP contribution in [0.3, 0.4) is 0 Å². The second-order valence-electron chi connectivity index (χ2n) is 7.53. The largest absolute Gasteiger partial charge is 0.495 e. The first kappa shape index (κ1) is 21.6. The Kier molecular flexibility index (Phi) is 7.30. The third kappa shape index (κ3) is 5.51. The molecule has 2 amide bonds. The molecule has 3 rings (SSSR count). The van der Waals surface area contributed by atoms with Gasteiger partial charge in [-0.1, -0.05) is 24.3 Å². The minimum absolute atomic E-state index is 0.438. The molecule has 1 fully saturated rings. The Labute approximate surface area is 178 Å². The number of para-hydroxylation sites is 2. The van der Waals surface area contributed by atoms with Gasteiger partial charge in [0.15, 0.2) is 0 Å². The van der Waals surface area contributed by atoms with Crippen molar-refractivity contribution >= 4 is 23.2 Å². The summed E-state index contributed by atoms with van der Waals surface area (Å²) in [7, 11) is 1.69. The first-order valence-electron chi connectivity index (χ1n) is 10.2. The van der Waals surface area contributed by atoms with Gasteiger partial charge in [-0.3, -0.25) is 14.5 Å². The molecular formula is C23H30N4O3. The predicted octanol–water partition coefficient (Wildman–Crippen LogP) is 2.19. The maximum atomic E-state index is 12.2. The quantitative estimate of drug-likeness (QED) is 0.714. The van der Waals surface area contributed by atoms with Gasteiger partial charge in [-0.2, -0.15) is 0 Å². The summed E-state index contributed by atoms with van der Waals surface area (Å²) in [5.41, 5.74) is 3.73. The SMILES string of the molecule is COc1ccccc1N1CCN(CCNC(=O)C(=O)Nc2cc(C)ccc2C)CC1. The maximum absolute atomic E-state index is 12.2. The van der Waals surface area contributed by atoms with E-state index in [2.05, 4.69) is 26.5 Å². The van der Waals surface area contributed by atoms with Gasteiger partial charge in [0.25, 0.3) is 0 Å². The molecule has 30 heavy (non-hydrogen) atoms. The second kappa shape index (κ2) is 10.1. The molecule has 2 aromatic carbocycles. The van der Waals surface area contributed by atoms with Crippen molar-refractivity contribution in [3.05, 3.63) is 53.6 Å². The highest BCUT2D eigenvalue weighted by molar-refractivity contribution is 6.39. The van der Waals surface area contributed by atoms with Crippen molar-refractivity contribution in [2.75, 3.05) is 56.6 Å². The molecule has 2 N–H and O–H groups in total. The van der Waals surface area contributed by atoms with Gasteiger partial charge in [-0.05, 0) is 43.2 Å². The topological polar surface area (TPSA) is 73.9 Å². The number of methoxy groups -OCH3 is 1. The summed E-state index contributed by atoms with van der Waals surface area (Å²) < 4.78 is 5.45. The van der Waals surface area contributed by atoms with E-state index < -0.39 is 11.8 Å². The molecule has 1 heterocycles. The standard InChI is InChI=1S/C23H30N4O3/c1-17-8-9-18(2)19(16-17)25-23(29)22(28)24-10-11-26-12-14-27(15-13-26)20-6-4-5-7-21(20)30-3/h4-9,16H,10-15H2,1-3H3,(H,24,28)(H,25,29). The highest BCUT2D eigenvalue weighted by Gasteiger charge is 2.20. The first-order chi connectivity index (χ1) is 14.5. The summed E-state index contributed by atoms with van der Waals surface area (Å²) in [5, 5.41) is 5.41. The molecule has 7 nitrogen and oxygen atoms in total. The molecule has 1 aliphatic rings. The van der Waals surface area contributed by atoms with Crippen LogP contribution in [0.5, 0.6) is 5.75 Å². The van der Waals surface area contributed by atoms with Gasteiger partial charge in [-0.15, -0.1) is 0 Å². The lowest BCUT2D eigenvalue weighted by molar-refractivity contribution is -0.136. The van der Waals surface area contributed by atoms with Crippen molar-refractivity contribution in [1.29, 1.82) is 0 Å². The number of aryl methyl sites for hydroxylation is 2. The number of piperazine rings is 1. The summed E-state index contributed by atoms with van der Waals surface area (Å²) in [5.74, 6) is -0.360. The molecule has 7 heteroatoms. The van der Waals surface area contributed by atoms with Crippen molar-refractivity contribution < 1.29 is 14.3 Å². The molecule has 0 spiro atoms. The van der Waals surface area contributed by atoms with Crippen LogP contribution in [0.1, 0.15) is 11.1 Å². The Morgan fingerprint density at radius 1 is 1.00 bits per heavy atom. The van der Waals surface area contributed by atoms with Crippen LogP contribution in [0.4, 0.5) is 11.4 Å². The number of nitrogens with zero attached hydrogens (tertiary/aromatic N) is 2. The fourth-order valence-electron chi connectivity index (χ4n) is 3.56. The second-order valence-corrected chi connectivity index (χ2v) is 7.53. The Bertz CT molecular complexity index is 892. The van der Waals surface area contributed by atoms with Crippen LogP contribution in [-0.2, 0) is 9.59 Å². The van der Waals surface area contributed by atoms with Crippen LogP contribution in [0.2, 0.25) is 0 Å². The Balaban J connectivity index is 1.41. The third-order valence-electron chi connectivity index (χ3n) is 5.36. The minimum Gasteiger partial charge on any atom is -0.495 e. The van der Waals surface area contributed by atoms with Gasteiger partial charge < -0.3 is 20.3 Å². The number of nitrogens with one attached hydrogen (secondary N) is 2. The average Bonchev–Trinajstić information content (AvgIpc) is 2.76. The lowest BCUT2D eigenvalue weighted by Crippen LogP contribution is -2.49. The van der Waals surface area contributed by atoms with Crippen LogP contribution in [-0.4, -0.2) is 63.1 Å². The molecule has 0 bridgehead atoms. The lowest BCUT2D eigenvalue weighted by Gasteiger charge is -2.36. The van der Waals surface area contributed by atoms with E-state index in [0.29, 0.717) is 18.8 Å². The molecule has 0 saturated carbocycles. The van der Waals surface area contributed by atoms with E-state index in [1.165, 1.54) is 0 Å². The molecule has 0 unspecified atom stereocenters. The van der Waals surface area contributed by atoms with Gasteiger partial charge in [0, 0.05) is 45.0 Å².